The van der Waals surface area contributed by atoms with E-state index in [1.165, 1.54) is 0 Å². The summed E-state index contributed by atoms with van der Waals surface area (Å²) >= 11 is 0. The minimum absolute atomic E-state index is 0.332. The standard InChI is InChI=1S/C14H16N6/c1-9(2)19-13-6-14(18-8-17-13)20-10-3-4-11-12(5-10)16-7-15-11/h3-9H,1-2H3,(H,15,16)(H2,17,18,19,20). The van der Waals surface area contributed by atoms with Crippen molar-refractivity contribution in [1.29, 1.82) is 0 Å². The van der Waals surface area contributed by atoms with Crippen LogP contribution in [0.25, 0.3) is 11.0 Å². The Labute approximate surface area is 116 Å². The Balaban J connectivity index is 1.82. The molecule has 0 spiro atoms. The van der Waals surface area contributed by atoms with Gasteiger partial charge >= 0.3 is 0 Å². The molecule has 0 bridgehead atoms. The maximum atomic E-state index is 4.22. The van der Waals surface area contributed by atoms with Crippen molar-refractivity contribution < 1.29 is 0 Å². The summed E-state index contributed by atoms with van der Waals surface area (Å²) in [5.41, 5.74) is 2.89. The summed E-state index contributed by atoms with van der Waals surface area (Å²) in [6.45, 7) is 4.14. The molecule has 0 fully saturated rings. The van der Waals surface area contributed by atoms with Gasteiger partial charge in [-0.1, -0.05) is 0 Å². The minimum atomic E-state index is 0.332. The van der Waals surface area contributed by atoms with Crippen LogP contribution in [0.4, 0.5) is 17.3 Å². The fourth-order valence-electron chi connectivity index (χ4n) is 1.96. The average molecular weight is 268 g/mol. The Hall–Kier alpha value is -2.63. The van der Waals surface area contributed by atoms with Crippen molar-refractivity contribution in [3.05, 3.63) is 36.9 Å². The number of anilines is 3. The van der Waals surface area contributed by atoms with Crippen LogP contribution in [0, 0.1) is 0 Å². The molecular formula is C14H16N6. The van der Waals surface area contributed by atoms with Crippen LogP contribution in [-0.2, 0) is 0 Å². The predicted molar refractivity (Wildman–Crippen MR) is 80.2 cm³/mol. The molecule has 0 aliphatic rings. The molecule has 6 nitrogen and oxygen atoms in total. The third-order valence-corrected chi connectivity index (χ3v) is 2.80. The number of nitrogens with zero attached hydrogens (tertiary/aromatic N) is 3. The number of imidazole rings is 1. The fraction of sp³-hybridized carbons (Fsp3) is 0.214. The van der Waals surface area contributed by atoms with E-state index in [0.717, 1.165) is 28.4 Å². The summed E-state index contributed by atoms with van der Waals surface area (Å²) in [5.74, 6) is 1.56. The van der Waals surface area contributed by atoms with Crippen molar-refractivity contribution in [3.8, 4) is 0 Å². The molecule has 0 aliphatic carbocycles. The summed E-state index contributed by atoms with van der Waals surface area (Å²) in [4.78, 5) is 15.7. The zero-order valence-electron chi connectivity index (χ0n) is 11.4. The summed E-state index contributed by atoms with van der Waals surface area (Å²) in [7, 11) is 0. The molecule has 0 aliphatic heterocycles. The second-order valence-corrected chi connectivity index (χ2v) is 4.85. The molecule has 0 saturated carbocycles. The largest absolute Gasteiger partial charge is 0.368 e. The highest BCUT2D eigenvalue weighted by Gasteiger charge is 2.02. The predicted octanol–water partition coefficient (Wildman–Crippen LogP) is 2.92. The van der Waals surface area contributed by atoms with Gasteiger partial charge in [-0.15, -0.1) is 0 Å². The van der Waals surface area contributed by atoms with E-state index in [1.807, 2.05) is 24.3 Å². The molecule has 102 valence electrons. The molecule has 1 aromatic carbocycles. The quantitative estimate of drug-likeness (QED) is 0.678. The first kappa shape index (κ1) is 12.4. The zero-order valence-corrected chi connectivity index (χ0v) is 11.4. The maximum Gasteiger partial charge on any atom is 0.135 e. The lowest BCUT2D eigenvalue weighted by molar-refractivity contribution is 0.886. The fourth-order valence-corrected chi connectivity index (χ4v) is 1.96. The third kappa shape index (κ3) is 2.69. The second-order valence-electron chi connectivity index (χ2n) is 4.85. The van der Waals surface area contributed by atoms with Crippen LogP contribution in [0.1, 0.15) is 13.8 Å². The lowest BCUT2D eigenvalue weighted by Gasteiger charge is -2.10. The van der Waals surface area contributed by atoms with Crippen molar-refractivity contribution >= 4 is 28.4 Å². The molecule has 3 aromatic rings. The first-order valence-electron chi connectivity index (χ1n) is 6.49. The molecule has 0 atom stereocenters. The van der Waals surface area contributed by atoms with E-state index in [2.05, 4.69) is 44.4 Å². The topological polar surface area (TPSA) is 78.5 Å². The molecule has 3 N–H and O–H groups in total. The summed E-state index contributed by atoms with van der Waals surface area (Å²) in [6.07, 6.45) is 3.23. The third-order valence-electron chi connectivity index (χ3n) is 2.80. The van der Waals surface area contributed by atoms with E-state index in [4.69, 9.17) is 0 Å². The lowest BCUT2D eigenvalue weighted by atomic mass is 10.2. The lowest BCUT2D eigenvalue weighted by Crippen LogP contribution is -2.11. The molecule has 0 saturated heterocycles. The first-order valence-corrected chi connectivity index (χ1v) is 6.49. The number of hydrogen-bond acceptors (Lipinski definition) is 5. The van der Waals surface area contributed by atoms with Crippen molar-refractivity contribution in [1.82, 2.24) is 19.9 Å². The van der Waals surface area contributed by atoms with Gasteiger partial charge in [0.05, 0.1) is 17.4 Å². The van der Waals surface area contributed by atoms with Crippen LogP contribution in [0.3, 0.4) is 0 Å². The van der Waals surface area contributed by atoms with Gasteiger partial charge in [0.1, 0.15) is 18.0 Å². The number of fused-ring (bicyclic) bond motifs is 1. The van der Waals surface area contributed by atoms with E-state index < -0.39 is 0 Å². The SMILES string of the molecule is CC(C)Nc1cc(Nc2ccc3nc[nH]c3c2)ncn1. The molecule has 0 unspecified atom stereocenters. The van der Waals surface area contributed by atoms with Crippen LogP contribution >= 0.6 is 0 Å². The molecule has 2 aromatic heterocycles. The van der Waals surface area contributed by atoms with Gasteiger partial charge in [0, 0.05) is 17.8 Å². The Morgan fingerprint density at radius 3 is 2.75 bits per heavy atom. The van der Waals surface area contributed by atoms with Crippen molar-refractivity contribution in [2.45, 2.75) is 19.9 Å². The van der Waals surface area contributed by atoms with E-state index in [9.17, 15) is 0 Å². The molecule has 0 amide bonds. The van der Waals surface area contributed by atoms with Crippen LogP contribution in [0.2, 0.25) is 0 Å². The van der Waals surface area contributed by atoms with Gasteiger partial charge < -0.3 is 15.6 Å². The number of hydrogen-bond donors (Lipinski definition) is 3. The monoisotopic (exact) mass is 268 g/mol. The number of aromatic amines is 1. The molecular weight excluding hydrogens is 252 g/mol. The Kier molecular flexibility index (Phi) is 3.20. The minimum Gasteiger partial charge on any atom is -0.368 e. The average Bonchev–Trinajstić information content (AvgIpc) is 2.85. The van der Waals surface area contributed by atoms with E-state index >= 15 is 0 Å². The van der Waals surface area contributed by atoms with Gasteiger partial charge in [-0.3, -0.25) is 0 Å². The molecule has 0 radical (unpaired) electrons. The summed E-state index contributed by atoms with van der Waals surface area (Å²) < 4.78 is 0. The van der Waals surface area contributed by atoms with E-state index in [1.54, 1.807) is 12.7 Å². The van der Waals surface area contributed by atoms with Crippen LogP contribution in [0.5, 0.6) is 0 Å². The van der Waals surface area contributed by atoms with Gasteiger partial charge in [-0.05, 0) is 32.0 Å². The Bertz CT molecular complexity index is 718. The van der Waals surface area contributed by atoms with Gasteiger partial charge in [0.25, 0.3) is 0 Å². The molecule has 6 heteroatoms. The van der Waals surface area contributed by atoms with Crippen molar-refractivity contribution in [2.75, 3.05) is 10.6 Å². The van der Waals surface area contributed by atoms with Crippen LogP contribution < -0.4 is 10.6 Å². The van der Waals surface area contributed by atoms with Gasteiger partial charge in [0.15, 0.2) is 0 Å². The van der Waals surface area contributed by atoms with Gasteiger partial charge in [-0.2, -0.15) is 0 Å². The first-order chi connectivity index (χ1) is 9.70. The highest BCUT2D eigenvalue weighted by atomic mass is 15.1. The van der Waals surface area contributed by atoms with Crippen molar-refractivity contribution in [2.24, 2.45) is 0 Å². The van der Waals surface area contributed by atoms with Gasteiger partial charge in [0.2, 0.25) is 0 Å². The summed E-state index contributed by atoms with van der Waals surface area (Å²) in [5, 5.41) is 6.51. The number of rotatable bonds is 4. The number of benzene rings is 1. The second kappa shape index (κ2) is 5.16. The normalized spacial score (nSPS) is 10.9. The highest BCUT2D eigenvalue weighted by Crippen LogP contribution is 2.20. The van der Waals surface area contributed by atoms with Crippen LogP contribution in [0.15, 0.2) is 36.9 Å². The number of nitrogens with one attached hydrogen (secondary N) is 3. The molecule has 20 heavy (non-hydrogen) atoms. The molecule has 3 rings (SSSR count). The number of aromatic nitrogens is 4. The van der Waals surface area contributed by atoms with Crippen LogP contribution in [-0.4, -0.2) is 26.0 Å². The smallest absolute Gasteiger partial charge is 0.135 e. The van der Waals surface area contributed by atoms with Gasteiger partial charge in [-0.25, -0.2) is 15.0 Å². The van der Waals surface area contributed by atoms with Crippen molar-refractivity contribution in [3.63, 3.8) is 0 Å². The Morgan fingerprint density at radius 1 is 1.05 bits per heavy atom. The summed E-state index contributed by atoms with van der Waals surface area (Å²) in [6, 6.07) is 8.15. The maximum absolute atomic E-state index is 4.22. The Morgan fingerprint density at radius 2 is 1.90 bits per heavy atom. The zero-order chi connectivity index (χ0) is 13.9. The highest BCUT2D eigenvalue weighted by molar-refractivity contribution is 5.79. The molecule has 2 heterocycles. The number of H-pyrrole nitrogens is 1. The van der Waals surface area contributed by atoms with E-state index in [-0.39, 0.29) is 0 Å². The van der Waals surface area contributed by atoms with E-state index in [0.29, 0.717) is 6.04 Å².